The summed E-state index contributed by atoms with van der Waals surface area (Å²) in [5.41, 5.74) is 4.47. The van der Waals surface area contributed by atoms with E-state index in [1.807, 2.05) is 42.5 Å². The Morgan fingerprint density at radius 1 is 1.07 bits per heavy atom. The smallest absolute Gasteiger partial charge is 0.188 e. The predicted molar refractivity (Wildman–Crippen MR) is 122 cm³/mol. The van der Waals surface area contributed by atoms with E-state index >= 15 is 0 Å². The minimum Gasteiger partial charge on any atom is -0.387 e. The third kappa shape index (κ3) is 3.74. The van der Waals surface area contributed by atoms with E-state index in [0.717, 1.165) is 56.8 Å². The highest BCUT2D eigenvalue weighted by Gasteiger charge is 2.20. The molecule has 5 rings (SSSR count). The van der Waals surface area contributed by atoms with Crippen LogP contribution in [0.25, 0.3) is 22.2 Å². The van der Waals surface area contributed by atoms with Gasteiger partial charge in [0.25, 0.3) is 0 Å². The SMILES string of the molecule is CC(O)c1cc2cc(N=Nc3sc(N4CCCC4)nc3-c3ccccc3)ccc2[nH]1. The fraction of sp³-hybridized carbons (Fsp3) is 0.261. The highest BCUT2D eigenvalue weighted by molar-refractivity contribution is 7.19. The molecule has 30 heavy (non-hydrogen) atoms. The summed E-state index contributed by atoms with van der Waals surface area (Å²) in [5, 5.41) is 21.7. The van der Waals surface area contributed by atoms with E-state index in [2.05, 4.69) is 32.2 Å². The van der Waals surface area contributed by atoms with E-state index < -0.39 is 6.10 Å². The number of hydrogen-bond donors (Lipinski definition) is 2. The van der Waals surface area contributed by atoms with Gasteiger partial charge >= 0.3 is 0 Å². The highest BCUT2D eigenvalue weighted by atomic mass is 32.1. The number of anilines is 1. The van der Waals surface area contributed by atoms with Crippen molar-refractivity contribution < 1.29 is 5.11 Å². The average Bonchev–Trinajstić information content (AvgIpc) is 3.51. The van der Waals surface area contributed by atoms with E-state index in [1.54, 1.807) is 18.3 Å². The van der Waals surface area contributed by atoms with Crippen LogP contribution in [0.15, 0.2) is 64.8 Å². The Kier molecular flexibility index (Phi) is 5.06. The fourth-order valence-corrected chi connectivity index (χ4v) is 4.69. The third-order valence-electron chi connectivity index (χ3n) is 5.35. The van der Waals surface area contributed by atoms with Crippen molar-refractivity contribution in [1.29, 1.82) is 0 Å². The molecule has 1 atom stereocenters. The second-order valence-electron chi connectivity index (χ2n) is 7.58. The summed E-state index contributed by atoms with van der Waals surface area (Å²) in [5.74, 6) is 0. The number of benzene rings is 2. The van der Waals surface area contributed by atoms with Crippen LogP contribution in [0.2, 0.25) is 0 Å². The summed E-state index contributed by atoms with van der Waals surface area (Å²) in [4.78, 5) is 10.5. The lowest BCUT2D eigenvalue weighted by molar-refractivity contribution is 0.195. The van der Waals surface area contributed by atoms with E-state index in [-0.39, 0.29) is 0 Å². The fourth-order valence-electron chi connectivity index (χ4n) is 3.73. The molecular weight excluding hydrogens is 394 g/mol. The van der Waals surface area contributed by atoms with Crippen LogP contribution in [0.5, 0.6) is 0 Å². The molecule has 2 N–H and O–H groups in total. The number of nitrogens with one attached hydrogen (secondary N) is 1. The van der Waals surface area contributed by atoms with Gasteiger partial charge in [0.2, 0.25) is 0 Å². The first-order chi connectivity index (χ1) is 14.7. The summed E-state index contributed by atoms with van der Waals surface area (Å²) in [7, 11) is 0. The van der Waals surface area contributed by atoms with Gasteiger partial charge in [-0.3, -0.25) is 0 Å². The Labute approximate surface area is 178 Å². The number of azo groups is 1. The molecule has 1 unspecified atom stereocenters. The van der Waals surface area contributed by atoms with Gasteiger partial charge in [0.1, 0.15) is 5.69 Å². The molecule has 7 heteroatoms. The molecule has 0 amide bonds. The van der Waals surface area contributed by atoms with E-state index in [9.17, 15) is 5.11 Å². The van der Waals surface area contributed by atoms with Crippen LogP contribution >= 0.6 is 11.3 Å². The number of aromatic nitrogens is 2. The Hall–Kier alpha value is -3.03. The van der Waals surface area contributed by atoms with Gasteiger partial charge < -0.3 is 15.0 Å². The van der Waals surface area contributed by atoms with Crippen LogP contribution in [0.1, 0.15) is 31.6 Å². The molecule has 0 saturated carbocycles. The van der Waals surface area contributed by atoms with Crippen molar-refractivity contribution in [2.24, 2.45) is 10.2 Å². The lowest BCUT2D eigenvalue weighted by Gasteiger charge is -2.11. The molecule has 1 saturated heterocycles. The van der Waals surface area contributed by atoms with Gasteiger partial charge in [0, 0.05) is 35.2 Å². The molecule has 4 aromatic rings. The lowest BCUT2D eigenvalue weighted by atomic mass is 10.2. The number of aliphatic hydroxyl groups excluding tert-OH is 1. The van der Waals surface area contributed by atoms with Crippen LogP contribution < -0.4 is 4.90 Å². The van der Waals surface area contributed by atoms with E-state index in [0.29, 0.717) is 0 Å². The van der Waals surface area contributed by atoms with Gasteiger partial charge in [-0.1, -0.05) is 41.7 Å². The van der Waals surface area contributed by atoms with Crippen molar-refractivity contribution in [2.75, 3.05) is 18.0 Å². The zero-order valence-corrected chi connectivity index (χ0v) is 17.6. The second-order valence-corrected chi connectivity index (χ2v) is 8.54. The Bertz CT molecular complexity index is 1190. The molecule has 2 aromatic heterocycles. The maximum atomic E-state index is 9.79. The van der Waals surface area contributed by atoms with Crippen molar-refractivity contribution in [1.82, 2.24) is 9.97 Å². The van der Waals surface area contributed by atoms with Crippen LogP contribution in [0, 0.1) is 0 Å². The quantitative estimate of drug-likeness (QED) is 0.371. The Morgan fingerprint density at radius 2 is 1.87 bits per heavy atom. The molecule has 6 nitrogen and oxygen atoms in total. The predicted octanol–water partition coefficient (Wildman–Crippen LogP) is 6.36. The van der Waals surface area contributed by atoms with Crippen molar-refractivity contribution in [3.05, 3.63) is 60.3 Å². The molecule has 1 aliphatic rings. The van der Waals surface area contributed by atoms with Gasteiger partial charge in [0.15, 0.2) is 10.1 Å². The number of nitrogens with zero attached hydrogens (tertiary/aromatic N) is 4. The summed E-state index contributed by atoms with van der Waals surface area (Å²) in [6.45, 7) is 3.85. The normalized spacial score (nSPS) is 15.5. The molecule has 0 bridgehead atoms. The molecule has 2 aromatic carbocycles. The second kappa shape index (κ2) is 8.01. The number of hydrogen-bond acceptors (Lipinski definition) is 6. The molecule has 152 valence electrons. The van der Waals surface area contributed by atoms with E-state index in [1.165, 1.54) is 12.8 Å². The molecule has 3 heterocycles. The van der Waals surface area contributed by atoms with Crippen molar-refractivity contribution in [2.45, 2.75) is 25.9 Å². The number of fused-ring (bicyclic) bond motifs is 1. The number of rotatable bonds is 5. The molecule has 0 aliphatic carbocycles. The van der Waals surface area contributed by atoms with Gasteiger partial charge in [-0.2, -0.15) is 0 Å². The topological polar surface area (TPSA) is 76.9 Å². The number of aliphatic hydroxyl groups is 1. The minimum atomic E-state index is -0.530. The summed E-state index contributed by atoms with van der Waals surface area (Å²) in [6, 6.07) is 18.0. The monoisotopic (exact) mass is 417 g/mol. The molecule has 1 aliphatic heterocycles. The number of thiazole rings is 1. The Balaban J connectivity index is 1.50. The lowest BCUT2D eigenvalue weighted by Crippen LogP contribution is -2.17. The van der Waals surface area contributed by atoms with E-state index in [4.69, 9.17) is 4.98 Å². The van der Waals surface area contributed by atoms with Crippen molar-refractivity contribution >= 4 is 38.1 Å². The van der Waals surface area contributed by atoms with Crippen molar-refractivity contribution in [3.63, 3.8) is 0 Å². The third-order valence-corrected chi connectivity index (χ3v) is 6.35. The van der Waals surface area contributed by atoms with Crippen LogP contribution in [0.3, 0.4) is 0 Å². The first-order valence-electron chi connectivity index (χ1n) is 10.2. The van der Waals surface area contributed by atoms with Crippen molar-refractivity contribution in [3.8, 4) is 11.3 Å². The maximum absolute atomic E-state index is 9.79. The summed E-state index contributed by atoms with van der Waals surface area (Å²) < 4.78 is 0. The van der Waals surface area contributed by atoms with Crippen LogP contribution in [0.4, 0.5) is 15.8 Å². The standard InChI is InChI=1S/C23H23N5OS/c1-15(29)20-14-17-13-18(9-10-19(17)24-20)26-27-22-21(16-7-3-2-4-8-16)25-23(30-22)28-11-5-6-12-28/h2-4,7-10,13-15,24,29H,5-6,11-12H2,1H3. The molecule has 0 radical (unpaired) electrons. The van der Waals surface area contributed by atoms with Gasteiger partial charge in [0.05, 0.1) is 11.8 Å². The van der Waals surface area contributed by atoms with Gasteiger partial charge in [-0.25, -0.2) is 4.98 Å². The Morgan fingerprint density at radius 3 is 2.63 bits per heavy atom. The molecular formula is C23H23N5OS. The average molecular weight is 418 g/mol. The van der Waals surface area contributed by atoms with Crippen LogP contribution in [-0.4, -0.2) is 28.2 Å². The summed E-state index contributed by atoms with van der Waals surface area (Å²) in [6.07, 6.45) is 1.89. The minimum absolute atomic E-state index is 0.530. The first kappa shape index (κ1) is 19.0. The number of H-pyrrole nitrogens is 1. The van der Waals surface area contributed by atoms with Crippen LogP contribution in [-0.2, 0) is 0 Å². The zero-order chi connectivity index (χ0) is 20.5. The van der Waals surface area contributed by atoms with Gasteiger partial charge in [-0.05, 0) is 44.0 Å². The first-order valence-corrected chi connectivity index (χ1v) is 11.0. The number of aromatic amines is 1. The van der Waals surface area contributed by atoms with Gasteiger partial charge in [-0.15, -0.1) is 10.2 Å². The molecule has 1 fully saturated rings. The maximum Gasteiger partial charge on any atom is 0.188 e. The molecule has 0 spiro atoms. The summed E-state index contributed by atoms with van der Waals surface area (Å²) >= 11 is 1.60. The largest absolute Gasteiger partial charge is 0.387 e. The highest BCUT2D eigenvalue weighted by Crippen LogP contribution is 2.41. The zero-order valence-electron chi connectivity index (χ0n) is 16.7.